The van der Waals surface area contributed by atoms with E-state index in [9.17, 15) is 14.7 Å². The van der Waals surface area contributed by atoms with E-state index in [0.29, 0.717) is 12.8 Å². The van der Waals surface area contributed by atoms with E-state index >= 15 is 0 Å². The Morgan fingerprint density at radius 3 is 1.45 bits per heavy atom. The predicted molar refractivity (Wildman–Crippen MR) is 190 cm³/mol. The largest absolute Gasteiger partial charge is 0.481 e. The van der Waals surface area contributed by atoms with E-state index in [2.05, 4.69) is 92.8 Å². The zero-order valence-corrected chi connectivity index (χ0v) is 28.1. The van der Waals surface area contributed by atoms with Crippen LogP contribution in [0.4, 0.5) is 0 Å². The van der Waals surface area contributed by atoms with Gasteiger partial charge in [0.15, 0.2) is 0 Å². The van der Waals surface area contributed by atoms with Crippen LogP contribution in [-0.2, 0) is 9.59 Å². The van der Waals surface area contributed by atoms with Crippen molar-refractivity contribution in [2.24, 2.45) is 11.8 Å². The van der Waals surface area contributed by atoms with Gasteiger partial charge in [-0.3, -0.25) is 9.59 Å². The lowest BCUT2D eigenvalue weighted by Gasteiger charge is -2.23. The summed E-state index contributed by atoms with van der Waals surface area (Å²) in [5.74, 6) is -1.54. The second-order valence-electron chi connectivity index (χ2n) is 11.6. The fraction of sp³-hybridized carbons (Fsp3) is 0.600. The third-order valence-electron chi connectivity index (χ3n) is 7.66. The van der Waals surface area contributed by atoms with Crippen molar-refractivity contribution in [2.45, 2.75) is 142 Å². The molecule has 2 unspecified atom stereocenters. The third-order valence-corrected chi connectivity index (χ3v) is 7.66. The first-order valence-corrected chi connectivity index (χ1v) is 17.5. The van der Waals surface area contributed by atoms with Gasteiger partial charge in [0.1, 0.15) is 0 Å². The summed E-state index contributed by atoms with van der Waals surface area (Å²) >= 11 is 0. The monoisotopic (exact) mass is 608 g/mol. The van der Waals surface area contributed by atoms with E-state index in [1.165, 1.54) is 44.9 Å². The van der Waals surface area contributed by atoms with E-state index in [-0.39, 0.29) is 18.3 Å². The first kappa shape index (κ1) is 41.1. The Kier molecular flexibility index (Phi) is 30.9. The molecule has 0 aliphatic rings. The van der Waals surface area contributed by atoms with Gasteiger partial charge in [-0.1, -0.05) is 137 Å². The highest BCUT2D eigenvalue weighted by Crippen LogP contribution is 2.28. The van der Waals surface area contributed by atoms with Crippen molar-refractivity contribution in [3.05, 3.63) is 85.1 Å². The molecule has 0 fully saturated rings. The van der Waals surface area contributed by atoms with E-state index in [0.717, 1.165) is 64.2 Å². The minimum Gasteiger partial charge on any atom is -0.481 e. The maximum Gasteiger partial charge on any atom is 0.306 e. The highest BCUT2D eigenvalue weighted by Gasteiger charge is 2.26. The number of aliphatic carboxylic acids is 2. The standard InChI is InChI=1S/C40H64O4/c1-3-5-7-9-10-11-12-13-14-15-16-17-21-24-27-31-35-38(40(43)44)37(33-29-8-6-4-2)34-30-26-23-20-18-19-22-25-28-32-36-39(41)42/h10-11,13-14,16-18,20,22,24-27,30,37-38H,3-9,12,15,19,21,23,28-29,31-36H2,1-2H3,(H,41,42)(H,43,44). The van der Waals surface area contributed by atoms with Crippen LogP contribution < -0.4 is 0 Å². The van der Waals surface area contributed by atoms with Gasteiger partial charge in [0.05, 0.1) is 5.92 Å². The van der Waals surface area contributed by atoms with E-state index in [1.54, 1.807) is 0 Å². The van der Waals surface area contributed by atoms with Crippen molar-refractivity contribution in [1.82, 2.24) is 0 Å². The maximum atomic E-state index is 12.2. The maximum absolute atomic E-state index is 12.2. The highest BCUT2D eigenvalue weighted by molar-refractivity contribution is 5.70. The molecule has 0 aliphatic carbocycles. The molecule has 0 aromatic heterocycles. The van der Waals surface area contributed by atoms with Gasteiger partial charge in [0.25, 0.3) is 0 Å². The number of carbonyl (C=O) groups is 2. The molecule has 4 heteroatoms. The third kappa shape index (κ3) is 29.2. The fourth-order valence-electron chi connectivity index (χ4n) is 5.02. The fourth-order valence-corrected chi connectivity index (χ4v) is 5.02. The molecule has 0 aromatic carbocycles. The van der Waals surface area contributed by atoms with Crippen molar-refractivity contribution >= 4 is 11.9 Å². The molecular weight excluding hydrogens is 544 g/mol. The number of allylic oxidation sites excluding steroid dienone is 14. The number of carboxylic acids is 2. The Balaban J connectivity index is 4.52. The van der Waals surface area contributed by atoms with Gasteiger partial charge < -0.3 is 10.2 Å². The number of unbranched alkanes of at least 4 members (excludes halogenated alkanes) is 7. The molecule has 0 spiro atoms. The first-order chi connectivity index (χ1) is 21.5. The van der Waals surface area contributed by atoms with Gasteiger partial charge in [-0.05, 0) is 89.4 Å². The van der Waals surface area contributed by atoms with Gasteiger partial charge >= 0.3 is 11.9 Å². The minimum absolute atomic E-state index is 0.171. The van der Waals surface area contributed by atoms with Crippen LogP contribution in [-0.4, -0.2) is 22.2 Å². The van der Waals surface area contributed by atoms with Crippen LogP contribution in [0.3, 0.4) is 0 Å². The average molecular weight is 609 g/mol. The summed E-state index contributed by atoms with van der Waals surface area (Å²) in [6, 6.07) is 0. The molecule has 0 amide bonds. The molecule has 0 saturated heterocycles. The highest BCUT2D eigenvalue weighted by atomic mass is 16.4. The summed E-state index contributed by atoms with van der Waals surface area (Å²) in [6.07, 6.45) is 49.6. The van der Waals surface area contributed by atoms with Gasteiger partial charge in [-0.2, -0.15) is 0 Å². The summed E-state index contributed by atoms with van der Waals surface area (Å²) in [5, 5.41) is 18.7. The zero-order valence-electron chi connectivity index (χ0n) is 28.1. The Bertz CT molecular complexity index is 887. The van der Waals surface area contributed by atoms with Crippen LogP contribution in [0.1, 0.15) is 142 Å². The van der Waals surface area contributed by atoms with Gasteiger partial charge in [0, 0.05) is 6.42 Å². The molecule has 2 N–H and O–H groups in total. The van der Waals surface area contributed by atoms with E-state index < -0.39 is 11.9 Å². The van der Waals surface area contributed by atoms with Gasteiger partial charge in [-0.25, -0.2) is 0 Å². The molecule has 248 valence electrons. The number of hydrogen-bond donors (Lipinski definition) is 2. The predicted octanol–water partition coefficient (Wildman–Crippen LogP) is 12.1. The lowest BCUT2D eigenvalue weighted by atomic mass is 9.82. The van der Waals surface area contributed by atoms with Crippen LogP contribution in [0.2, 0.25) is 0 Å². The molecule has 0 aromatic rings. The molecule has 0 saturated carbocycles. The average Bonchev–Trinajstić information content (AvgIpc) is 3.00. The zero-order chi connectivity index (χ0) is 32.4. The summed E-state index contributed by atoms with van der Waals surface area (Å²) in [6.45, 7) is 4.44. The Morgan fingerprint density at radius 2 is 0.955 bits per heavy atom. The molecule has 2 atom stereocenters. The second-order valence-corrected chi connectivity index (χ2v) is 11.6. The van der Waals surface area contributed by atoms with Gasteiger partial charge in [-0.15, -0.1) is 0 Å². The summed E-state index contributed by atoms with van der Waals surface area (Å²) in [4.78, 5) is 22.8. The van der Waals surface area contributed by atoms with Crippen LogP contribution in [0.5, 0.6) is 0 Å². The molecule has 0 bridgehead atoms. The Labute approximate surface area is 270 Å². The normalized spacial score (nSPS) is 14.1. The molecule has 0 radical (unpaired) electrons. The van der Waals surface area contributed by atoms with Crippen molar-refractivity contribution in [2.75, 3.05) is 0 Å². The van der Waals surface area contributed by atoms with Crippen molar-refractivity contribution in [3.8, 4) is 0 Å². The van der Waals surface area contributed by atoms with Gasteiger partial charge in [0.2, 0.25) is 0 Å². The van der Waals surface area contributed by atoms with Crippen LogP contribution in [0.15, 0.2) is 85.1 Å². The molecule has 0 rings (SSSR count). The second kappa shape index (κ2) is 33.0. The Hall–Kier alpha value is -2.88. The van der Waals surface area contributed by atoms with E-state index in [1.807, 2.05) is 6.08 Å². The van der Waals surface area contributed by atoms with Crippen molar-refractivity contribution < 1.29 is 19.8 Å². The summed E-state index contributed by atoms with van der Waals surface area (Å²) in [5.41, 5.74) is 0. The number of hydrogen-bond acceptors (Lipinski definition) is 2. The van der Waals surface area contributed by atoms with Crippen molar-refractivity contribution in [1.29, 1.82) is 0 Å². The molecule has 0 heterocycles. The van der Waals surface area contributed by atoms with Crippen LogP contribution in [0.25, 0.3) is 0 Å². The quantitative estimate of drug-likeness (QED) is 0.0628. The number of carboxylic acid groups (broad SMARTS) is 2. The molecular formula is C40H64O4. The van der Waals surface area contributed by atoms with Crippen LogP contribution >= 0.6 is 0 Å². The minimum atomic E-state index is -0.741. The lowest BCUT2D eigenvalue weighted by molar-refractivity contribution is -0.144. The summed E-state index contributed by atoms with van der Waals surface area (Å²) < 4.78 is 0. The Morgan fingerprint density at radius 1 is 0.500 bits per heavy atom. The van der Waals surface area contributed by atoms with Crippen LogP contribution in [0, 0.1) is 11.8 Å². The molecule has 44 heavy (non-hydrogen) atoms. The number of rotatable bonds is 30. The molecule has 0 aliphatic heterocycles. The van der Waals surface area contributed by atoms with Crippen molar-refractivity contribution in [3.63, 3.8) is 0 Å². The summed E-state index contributed by atoms with van der Waals surface area (Å²) in [7, 11) is 0. The first-order valence-electron chi connectivity index (χ1n) is 17.5. The smallest absolute Gasteiger partial charge is 0.306 e. The lowest BCUT2D eigenvalue weighted by Crippen LogP contribution is -2.23. The molecule has 4 nitrogen and oxygen atoms in total. The topological polar surface area (TPSA) is 74.6 Å². The van der Waals surface area contributed by atoms with E-state index in [4.69, 9.17) is 5.11 Å². The SMILES string of the molecule is CCCCCC=CCC=CCC=CCC=CCCC(C(=O)O)C(CC=CCC=CCC=CCCCC(=O)O)CCCCCC.